The van der Waals surface area contributed by atoms with E-state index < -0.39 is 23.2 Å². The summed E-state index contributed by atoms with van der Waals surface area (Å²) in [5.74, 6) is -4.25. The molecule has 0 heterocycles. The molecule has 0 aromatic heterocycles. The summed E-state index contributed by atoms with van der Waals surface area (Å²) in [6, 6.07) is 0. The Morgan fingerprint density at radius 2 is 2.00 bits per heavy atom. The Morgan fingerprint density at radius 3 is 2.53 bits per heavy atom. The molecule has 1 unspecified atom stereocenters. The molecule has 1 atom stereocenters. The van der Waals surface area contributed by atoms with Crippen LogP contribution in [-0.4, -0.2) is 24.3 Å². The number of halogens is 2. The molecule has 1 spiro atoms. The number of ether oxygens (including phenoxy) is 1. The van der Waals surface area contributed by atoms with Crippen molar-refractivity contribution < 1.29 is 23.1 Å². The Morgan fingerprint density at radius 1 is 1.41 bits per heavy atom. The minimum atomic E-state index is -2.81. The molecule has 17 heavy (non-hydrogen) atoms. The Labute approximate surface area is 98.5 Å². The third kappa shape index (κ3) is 1.85. The van der Waals surface area contributed by atoms with Crippen LogP contribution in [0.1, 0.15) is 39.0 Å². The van der Waals surface area contributed by atoms with Crippen molar-refractivity contribution in [2.24, 2.45) is 11.3 Å². The first kappa shape index (κ1) is 12.5. The topological polar surface area (TPSA) is 43.4 Å². The van der Waals surface area contributed by atoms with Crippen LogP contribution in [0.2, 0.25) is 0 Å². The Hall–Kier alpha value is -1.00. The van der Waals surface area contributed by atoms with Gasteiger partial charge >= 0.3 is 5.97 Å². The van der Waals surface area contributed by atoms with E-state index in [4.69, 9.17) is 4.74 Å². The molecule has 5 heteroatoms. The van der Waals surface area contributed by atoms with Gasteiger partial charge in [0.15, 0.2) is 0 Å². The van der Waals surface area contributed by atoms with Crippen LogP contribution < -0.4 is 0 Å². The summed E-state index contributed by atoms with van der Waals surface area (Å²) >= 11 is 0. The van der Waals surface area contributed by atoms with Crippen molar-refractivity contribution in [3.05, 3.63) is 0 Å². The Bertz CT molecular complexity index is 342. The Balaban J connectivity index is 2.00. The molecule has 0 N–H and O–H groups in total. The largest absolute Gasteiger partial charge is 0.466 e. The molecule has 0 radical (unpaired) electrons. The summed E-state index contributed by atoms with van der Waals surface area (Å²) in [5.41, 5.74) is -1.10. The van der Waals surface area contributed by atoms with Crippen molar-refractivity contribution >= 4 is 11.8 Å². The third-order valence-electron chi connectivity index (χ3n) is 4.06. The number of esters is 1. The number of alkyl halides is 2. The fourth-order valence-corrected chi connectivity index (χ4v) is 2.96. The van der Waals surface area contributed by atoms with E-state index in [0.717, 1.165) is 0 Å². The molecule has 0 aromatic rings. The van der Waals surface area contributed by atoms with Crippen molar-refractivity contribution in [3.63, 3.8) is 0 Å². The van der Waals surface area contributed by atoms with Gasteiger partial charge in [-0.1, -0.05) is 0 Å². The van der Waals surface area contributed by atoms with Crippen LogP contribution >= 0.6 is 0 Å². The molecule has 0 amide bonds. The van der Waals surface area contributed by atoms with Gasteiger partial charge < -0.3 is 4.74 Å². The van der Waals surface area contributed by atoms with E-state index in [-0.39, 0.29) is 44.5 Å². The zero-order chi connectivity index (χ0) is 12.7. The zero-order valence-electron chi connectivity index (χ0n) is 9.80. The molecule has 2 saturated carbocycles. The SMILES string of the molecule is CCOC(=O)CC1C(F)(F)C12CCC(=O)CC2. The van der Waals surface area contributed by atoms with Gasteiger partial charge in [-0.2, -0.15) is 0 Å². The molecule has 0 saturated heterocycles. The highest BCUT2D eigenvalue weighted by atomic mass is 19.3. The minimum absolute atomic E-state index is 0.0493. The number of hydrogen-bond donors (Lipinski definition) is 0. The van der Waals surface area contributed by atoms with Gasteiger partial charge in [-0.15, -0.1) is 0 Å². The first-order valence-corrected chi connectivity index (χ1v) is 5.99. The average molecular weight is 246 g/mol. The number of Topliss-reactive ketones (excluding diaryl/α,β-unsaturated/α-hetero) is 1. The number of rotatable bonds is 3. The summed E-state index contributed by atoms with van der Waals surface area (Å²) in [6.07, 6.45) is 0.630. The quantitative estimate of drug-likeness (QED) is 0.718. The van der Waals surface area contributed by atoms with Gasteiger partial charge in [0.2, 0.25) is 0 Å². The van der Waals surface area contributed by atoms with Crippen LogP contribution in [0.4, 0.5) is 8.78 Å². The lowest BCUT2D eigenvalue weighted by Gasteiger charge is -2.20. The van der Waals surface area contributed by atoms with Gasteiger partial charge in [-0.3, -0.25) is 9.59 Å². The minimum Gasteiger partial charge on any atom is -0.466 e. The van der Waals surface area contributed by atoms with E-state index in [1.807, 2.05) is 0 Å². The highest BCUT2D eigenvalue weighted by molar-refractivity contribution is 5.80. The summed E-state index contributed by atoms with van der Waals surface area (Å²) in [4.78, 5) is 22.3. The molecular weight excluding hydrogens is 230 g/mol. The molecule has 0 bridgehead atoms. The van der Waals surface area contributed by atoms with E-state index in [0.29, 0.717) is 0 Å². The smallest absolute Gasteiger partial charge is 0.306 e. The van der Waals surface area contributed by atoms with E-state index in [2.05, 4.69) is 0 Å². The lowest BCUT2D eigenvalue weighted by Crippen LogP contribution is -2.20. The Kier molecular flexibility index (Phi) is 2.96. The summed E-state index contributed by atoms with van der Waals surface area (Å²) in [5, 5.41) is 0. The van der Waals surface area contributed by atoms with Gasteiger partial charge in [-0.25, -0.2) is 8.78 Å². The van der Waals surface area contributed by atoms with Crippen molar-refractivity contribution in [3.8, 4) is 0 Å². The molecule has 3 nitrogen and oxygen atoms in total. The van der Waals surface area contributed by atoms with Crippen molar-refractivity contribution in [1.29, 1.82) is 0 Å². The first-order valence-electron chi connectivity index (χ1n) is 5.99. The summed E-state index contributed by atoms with van der Waals surface area (Å²) in [6.45, 7) is 1.86. The fraction of sp³-hybridized carbons (Fsp3) is 0.833. The molecule has 0 aliphatic heterocycles. The van der Waals surface area contributed by atoms with Crippen molar-refractivity contribution in [2.75, 3.05) is 6.61 Å². The highest BCUT2D eigenvalue weighted by Gasteiger charge is 2.79. The third-order valence-corrected chi connectivity index (χ3v) is 4.06. The second-order valence-electron chi connectivity index (χ2n) is 4.88. The van der Waals surface area contributed by atoms with Crippen molar-refractivity contribution in [2.45, 2.75) is 45.0 Å². The normalized spacial score (nSPS) is 29.1. The van der Waals surface area contributed by atoms with Crippen LogP contribution in [0.25, 0.3) is 0 Å². The second kappa shape index (κ2) is 4.03. The molecule has 0 aromatic carbocycles. The van der Waals surface area contributed by atoms with Crippen LogP contribution in [0, 0.1) is 11.3 Å². The lowest BCUT2D eigenvalue weighted by molar-refractivity contribution is -0.144. The van der Waals surface area contributed by atoms with Crippen LogP contribution in [-0.2, 0) is 14.3 Å². The van der Waals surface area contributed by atoms with E-state index in [9.17, 15) is 18.4 Å². The van der Waals surface area contributed by atoms with E-state index in [1.165, 1.54) is 0 Å². The van der Waals surface area contributed by atoms with Gasteiger partial charge in [0, 0.05) is 24.2 Å². The predicted molar refractivity (Wildman–Crippen MR) is 55.6 cm³/mol. The van der Waals surface area contributed by atoms with Crippen LogP contribution in [0.15, 0.2) is 0 Å². The van der Waals surface area contributed by atoms with Crippen LogP contribution in [0.3, 0.4) is 0 Å². The lowest BCUT2D eigenvalue weighted by atomic mass is 9.83. The molecule has 2 aliphatic carbocycles. The van der Waals surface area contributed by atoms with Gasteiger partial charge in [0.25, 0.3) is 5.92 Å². The van der Waals surface area contributed by atoms with Gasteiger partial charge in [0.1, 0.15) is 5.78 Å². The zero-order valence-corrected chi connectivity index (χ0v) is 9.80. The highest BCUT2D eigenvalue weighted by Crippen LogP contribution is 2.72. The number of carbonyl (C=O) groups excluding carboxylic acids is 2. The maximum absolute atomic E-state index is 13.7. The molecule has 2 fully saturated rings. The second-order valence-corrected chi connectivity index (χ2v) is 4.88. The number of hydrogen-bond acceptors (Lipinski definition) is 3. The van der Waals surface area contributed by atoms with Gasteiger partial charge in [-0.05, 0) is 19.8 Å². The summed E-state index contributed by atoms with van der Waals surface area (Å²) in [7, 11) is 0. The van der Waals surface area contributed by atoms with E-state index in [1.54, 1.807) is 6.92 Å². The summed E-state index contributed by atoms with van der Waals surface area (Å²) < 4.78 is 32.2. The molecular formula is C12H16F2O3. The first-order chi connectivity index (χ1) is 7.94. The molecule has 2 rings (SSSR count). The van der Waals surface area contributed by atoms with Crippen molar-refractivity contribution in [1.82, 2.24) is 0 Å². The maximum atomic E-state index is 13.7. The number of carbonyl (C=O) groups is 2. The molecule has 2 aliphatic rings. The molecule has 96 valence electrons. The maximum Gasteiger partial charge on any atom is 0.306 e. The standard InChI is InChI=1S/C12H16F2O3/c1-2-17-10(16)7-9-11(12(9,13)14)5-3-8(15)4-6-11/h9H,2-7H2,1H3. The fourth-order valence-electron chi connectivity index (χ4n) is 2.96. The number of ketones is 1. The van der Waals surface area contributed by atoms with Crippen LogP contribution in [0.5, 0.6) is 0 Å². The van der Waals surface area contributed by atoms with E-state index >= 15 is 0 Å². The average Bonchev–Trinajstić information content (AvgIpc) is 2.70. The predicted octanol–water partition coefficient (Wildman–Crippen LogP) is 2.33. The monoisotopic (exact) mass is 246 g/mol. The van der Waals surface area contributed by atoms with Gasteiger partial charge in [0.05, 0.1) is 13.0 Å².